The fourth-order valence-electron chi connectivity index (χ4n) is 2.84. The first-order valence-electron chi connectivity index (χ1n) is 5.93. The minimum absolute atomic E-state index is 1.20. The van der Waals surface area contributed by atoms with Crippen molar-refractivity contribution in [3.05, 3.63) is 0 Å². The molecule has 0 saturated carbocycles. The lowest BCUT2D eigenvalue weighted by molar-refractivity contribution is 0.220. The Morgan fingerprint density at radius 3 is 1.60 bits per heavy atom. The van der Waals surface area contributed by atoms with Gasteiger partial charge in [-0.1, -0.05) is 19.3 Å². The Hall–Kier alpha value is 0.531. The molecule has 0 aromatic rings. The summed E-state index contributed by atoms with van der Waals surface area (Å²) in [6.45, 7) is 8.70. The lowest BCUT2D eigenvalue weighted by atomic mass is 10.3. The maximum Gasteiger partial charge on any atom is 0.320 e. The van der Waals surface area contributed by atoms with E-state index in [0.29, 0.717) is 0 Å². The van der Waals surface area contributed by atoms with Crippen molar-refractivity contribution in [2.24, 2.45) is 0 Å². The molecule has 2 aliphatic heterocycles. The molecule has 0 radical (unpaired) electrons. The largest absolute Gasteiger partial charge is 0.416 e. The Morgan fingerprint density at radius 2 is 1.13 bits per heavy atom. The summed E-state index contributed by atoms with van der Waals surface area (Å²) in [4.78, 5) is 0. The molecule has 1 spiro atoms. The fourth-order valence-corrected chi connectivity index (χ4v) is 19.8. The lowest BCUT2D eigenvalue weighted by Gasteiger charge is -2.50. The van der Waals surface area contributed by atoms with Crippen LogP contribution in [0.2, 0.25) is 38.3 Å². The third kappa shape index (κ3) is 2.80. The Labute approximate surface area is 95.9 Å². The molecule has 0 unspecified atom stereocenters. The van der Waals surface area contributed by atoms with Gasteiger partial charge in [0.15, 0.2) is 0 Å². The second-order valence-corrected chi connectivity index (χ2v) is 16.4. The molecule has 0 amide bonds. The van der Waals surface area contributed by atoms with E-state index in [1.807, 2.05) is 0 Å². The number of rotatable bonds is 0. The van der Waals surface area contributed by atoms with Crippen molar-refractivity contribution in [2.75, 3.05) is 0 Å². The summed E-state index contributed by atoms with van der Waals surface area (Å²) >= 11 is 0. The van der Waals surface area contributed by atoms with Gasteiger partial charge in [-0.25, -0.2) is 0 Å². The molecule has 2 heterocycles. The van der Waals surface area contributed by atoms with Gasteiger partial charge in [-0.2, -0.15) is 0 Å². The van der Waals surface area contributed by atoms with E-state index in [9.17, 15) is 0 Å². The van der Waals surface area contributed by atoms with Crippen molar-refractivity contribution in [2.45, 2.75) is 57.5 Å². The van der Waals surface area contributed by atoms with Crippen LogP contribution in [0.25, 0.3) is 0 Å². The van der Waals surface area contributed by atoms with E-state index in [2.05, 4.69) is 26.2 Å². The van der Waals surface area contributed by atoms with Crippen LogP contribution in [-0.2, 0) is 12.3 Å². The van der Waals surface area contributed by atoms with Gasteiger partial charge in [0.2, 0.25) is 0 Å². The quantitative estimate of drug-likeness (QED) is 0.628. The van der Waals surface area contributed by atoms with E-state index in [4.69, 9.17) is 12.3 Å². The molecular weight excluding hydrogens is 240 g/mol. The molecule has 2 saturated heterocycles. The first-order valence-corrected chi connectivity index (χ1v) is 13.8. The number of hydrogen-bond donors (Lipinski definition) is 0. The zero-order valence-corrected chi connectivity index (χ0v) is 13.3. The van der Waals surface area contributed by atoms with Gasteiger partial charge in [-0.15, -0.1) is 0 Å². The average Bonchev–Trinajstić information content (AvgIpc) is 1.97. The molecule has 0 aromatic carbocycles. The first-order chi connectivity index (χ1) is 6.83. The average molecular weight is 263 g/mol. The van der Waals surface area contributed by atoms with Gasteiger partial charge in [-0.3, -0.25) is 0 Å². The second kappa shape index (κ2) is 3.78. The van der Waals surface area contributed by atoms with E-state index in [-0.39, 0.29) is 0 Å². The van der Waals surface area contributed by atoms with Crippen molar-refractivity contribution in [1.29, 1.82) is 0 Å². The van der Waals surface area contributed by atoms with Gasteiger partial charge >= 0.3 is 25.7 Å². The Morgan fingerprint density at radius 1 is 0.667 bits per heavy atom. The third-order valence-corrected chi connectivity index (χ3v) is 16.0. The SMILES string of the molecule is C[Si]1(C)O[Si](C)(C)O[Si]2(CCCCC2)O1. The molecular formula is C9H22O3Si3. The van der Waals surface area contributed by atoms with Crippen molar-refractivity contribution < 1.29 is 12.3 Å². The van der Waals surface area contributed by atoms with Crippen LogP contribution in [-0.4, -0.2) is 25.7 Å². The Balaban J connectivity index is 2.18. The van der Waals surface area contributed by atoms with Crippen LogP contribution in [0.4, 0.5) is 0 Å². The van der Waals surface area contributed by atoms with E-state index in [0.717, 1.165) is 0 Å². The van der Waals surface area contributed by atoms with Gasteiger partial charge in [0, 0.05) is 0 Å². The molecule has 6 heteroatoms. The van der Waals surface area contributed by atoms with Crippen LogP contribution < -0.4 is 0 Å². The van der Waals surface area contributed by atoms with Gasteiger partial charge in [0.05, 0.1) is 0 Å². The maximum absolute atomic E-state index is 6.31. The number of hydrogen-bond acceptors (Lipinski definition) is 3. The van der Waals surface area contributed by atoms with Crippen LogP contribution in [0.5, 0.6) is 0 Å². The van der Waals surface area contributed by atoms with Crippen molar-refractivity contribution >= 4 is 25.7 Å². The fraction of sp³-hybridized carbons (Fsp3) is 1.00. The minimum atomic E-state index is -1.89. The van der Waals surface area contributed by atoms with Gasteiger partial charge in [0.1, 0.15) is 0 Å². The van der Waals surface area contributed by atoms with Gasteiger partial charge in [-0.05, 0) is 38.3 Å². The zero-order valence-electron chi connectivity index (χ0n) is 10.3. The van der Waals surface area contributed by atoms with Crippen LogP contribution >= 0.6 is 0 Å². The summed E-state index contributed by atoms with van der Waals surface area (Å²) in [6.07, 6.45) is 3.94. The molecule has 15 heavy (non-hydrogen) atoms. The summed E-state index contributed by atoms with van der Waals surface area (Å²) < 4.78 is 18.7. The van der Waals surface area contributed by atoms with Gasteiger partial charge in [0.25, 0.3) is 0 Å². The summed E-state index contributed by atoms with van der Waals surface area (Å²) in [5.41, 5.74) is 0. The topological polar surface area (TPSA) is 27.7 Å². The predicted octanol–water partition coefficient (Wildman–Crippen LogP) is 3.08. The highest BCUT2D eigenvalue weighted by Crippen LogP contribution is 2.39. The maximum atomic E-state index is 6.31. The zero-order chi connectivity index (χ0) is 11.2. The van der Waals surface area contributed by atoms with E-state index >= 15 is 0 Å². The van der Waals surface area contributed by atoms with Crippen molar-refractivity contribution in [3.8, 4) is 0 Å². The smallest absolute Gasteiger partial charge is 0.320 e. The Kier molecular flexibility index (Phi) is 3.02. The normalized spacial score (nSPS) is 32.8. The molecule has 2 rings (SSSR count). The van der Waals surface area contributed by atoms with Gasteiger partial charge < -0.3 is 12.3 Å². The van der Waals surface area contributed by atoms with E-state index in [1.54, 1.807) is 0 Å². The van der Waals surface area contributed by atoms with Crippen molar-refractivity contribution in [3.63, 3.8) is 0 Å². The third-order valence-electron chi connectivity index (χ3n) is 2.97. The molecule has 0 aliphatic carbocycles. The monoisotopic (exact) mass is 262 g/mol. The predicted molar refractivity (Wildman–Crippen MR) is 67.4 cm³/mol. The summed E-state index contributed by atoms with van der Waals surface area (Å²) in [7, 11) is -5.62. The first kappa shape index (κ1) is 12.0. The van der Waals surface area contributed by atoms with Crippen LogP contribution in [0.1, 0.15) is 19.3 Å². The molecule has 3 nitrogen and oxygen atoms in total. The molecule has 0 aromatic heterocycles. The molecule has 2 fully saturated rings. The van der Waals surface area contributed by atoms with E-state index < -0.39 is 25.7 Å². The highest BCUT2D eigenvalue weighted by Gasteiger charge is 2.55. The summed E-state index contributed by atoms with van der Waals surface area (Å²) in [5, 5.41) is 0. The van der Waals surface area contributed by atoms with Crippen LogP contribution in [0.15, 0.2) is 0 Å². The summed E-state index contributed by atoms with van der Waals surface area (Å²) in [6, 6.07) is 2.40. The highest BCUT2D eigenvalue weighted by atomic mass is 28.5. The molecule has 0 bridgehead atoms. The summed E-state index contributed by atoms with van der Waals surface area (Å²) in [5.74, 6) is 0. The second-order valence-electron chi connectivity index (χ2n) is 5.58. The van der Waals surface area contributed by atoms with Crippen LogP contribution in [0, 0.1) is 0 Å². The highest BCUT2D eigenvalue weighted by molar-refractivity contribution is 6.93. The molecule has 88 valence electrons. The van der Waals surface area contributed by atoms with E-state index in [1.165, 1.54) is 31.4 Å². The Bertz CT molecular complexity index is 231. The van der Waals surface area contributed by atoms with Crippen LogP contribution in [0.3, 0.4) is 0 Å². The lowest BCUT2D eigenvalue weighted by Crippen LogP contribution is -2.66. The minimum Gasteiger partial charge on any atom is -0.416 e. The molecule has 2 aliphatic rings. The molecule has 0 N–H and O–H groups in total. The standard InChI is InChI=1S/C9H22O3Si3/c1-13(2)10-14(3,4)12-15(11-13)8-6-5-7-9-15/h5-9H2,1-4H3. The molecule has 0 atom stereocenters. The van der Waals surface area contributed by atoms with Crippen molar-refractivity contribution in [1.82, 2.24) is 0 Å².